The summed E-state index contributed by atoms with van der Waals surface area (Å²) in [6, 6.07) is 14.1. The Bertz CT molecular complexity index is 976. The fraction of sp³-hybridized carbons (Fsp3) is 0.391. The second-order valence-corrected chi connectivity index (χ2v) is 6.94. The topological polar surface area (TPSA) is 59.4 Å². The number of amides is 1. The first-order valence-corrected chi connectivity index (χ1v) is 10.3. The van der Waals surface area contributed by atoms with Crippen LogP contribution in [0.3, 0.4) is 0 Å². The molecule has 3 rings (SSSR count). The number of para-hydroxylation sites is 2. The minimum atomic E-state index is -0.442. The molecule has 0 unspecified atom stereocenters. The van der Waals surface area contributed by atoms with Crippen LogP contribution in [0.5, 0.6) is 0 Å². The fourth-order valence-electron chi connectivity index (χ4n) is 3.62. The first-order chi connectivity index (χ1) is 14.1. The third-order valence-corrected chi connectivity index (χ3v) is 5.18. The minimum Gasteiger partial charge on any atom is -0.449 e. The van der Waals surface area contributed by atoms with Crippen LogP contribution in [-0.2, 0) is 17.7 Å². The third kappa shape index (κ3) is 4.70. The summed E-state index contributed by atoms with van der Waals surface area (Å²) in [6.07, 6.45) is 0.137. The Kier molecular flexibility index (Phi) is 6.75. The zero-order chi connectivity index (χ0) is 20.8. The van der Waals surface area contributed by atoms with Crippen molar-refractivity contribution in [1.29, 1.82) is 0 Å². The molecule has 1 N–H and O–H groups in total. The maximum atomic E-state index is 12.2. The number of imidazole rings is 1. The summed E-state index contributed by atoms with van der Waals surface area (Å²) in [7, 11) is 0. The molecular weight excluding hydrogens is 364 g/mol. The van der Waals surface area contributed by atoms with Crippen molar-refractivity contribution in [2.45, 2.75) is 40.7 Å². The van der Waals surface area contributed by atoms with E-state index in [2.05, 4.69) is 52.7 Å². The van der Waals surface area contributed by atoms with Crippen molar-refractivity contribution in [3.8, 4) is 0 Å². The van der Waals surface area contributed by atoms with E-state index in [1.54, 1.807) is 0 Å². The molecule has 3 aromatic rings. The summed E-state index contributed by atoms with van der Waals surface area (Å²) in [5.74, 6) is 0.932. The molecule has 1 amide bonds. The minimum absolute atomic E-state index is 0.283. The van der Waals surface area contributed by atoms with Crippen LogP contribution in [0.25, 0.3) is 11.0 Å². The molecule has 6 nitrogen and oxygen atoms in total. The molecule has 0 aliphatic rings. The largest absolute Gasteiger partial charge is 0.449 e. The molecule has 1 aromatic heterocycles. The lowest BCUT2D eigenvalue weighted by Crippen LogP contribution is -2.22. The highest BCUT2D eigenvalue weighted by atomic mass is 16.5. The molecule has 0 spiro atoms. The number of nitrogens with one attached hydrogen (secondary N) is 1. The van der Waals surface area contributed by atoms with E-state index in [0.717, 1.165) is 53.4 Å². The van der Waals surface area contributed by atoms with Crippen LogP contribution in [0, 0.1) is 6.92 Å². The molecule has 0 saturated heterocycles. The maximum Gasteiger partial charge on any atom is 0.411 e. The van der Waals surface area contributed by atoms with Gasteiger partial charge in [-0.25, -0.2) is 9.78 Å². The Hall–Kier alpha value is -3.02. The number of rotatable bonds is 8. The molecule has 1 heterocycles. The molecule has 0 saturated carbocycles. The SMILES string of the molecule is CCN(CC)c1ccc(NC(=O)OCCc2nc3ccccc3n2CC)c(C)c1. The van der Waals surface area contributed by atoms with E-state index in [9.17, 15) is 4.79 Å². The number of hydrogen-bond donors (Lipinski definition) is 1. The molecule has 0 radical (unpaired) electrons. The maximum absolute atomic E-state index is 12.2. The molecule has 29 heavy (non-hydrogen) atoms. The Morgan fingerprint density at radius 2 is 1.90 bits per heavy atom. The van der Waals surface area contributed by atoms with E-state index in [4.69, 9.17) is 4.74 Å². The summed E-state index contributed by atoms with van der Waals surface area (Å²) in [6.45, 7) is 11.4. The van der Waals surface area contributed by atoms with E-state index >= 15 is 0 Å². The highest BCUT2D eigenvalue weighted by Gasteiger charge is 2.11. The lowest BCUT2D eigenvalue weighted by molar-refractivity contribution is 0.162. The van der Waals surface area contributed by atoms with Gasteiger partial charge in [0.1, 0.15) is 12.4 Å². The second-order valence-electron chi connectivity index (χ2n) is 6.94. The summed E-state index contributed by atoms with van der Waals surface area (Å²) in [5, 5.41) is 2.85. The number of benzene rings is 2. The lowest BCUT2D eigenvalue weighted by Gasteiger charge is -2.22. The van der Waals surface area contributed by atoms with Gasteiger partial charge in [-0.1, -0.05) is 12.1 Å². The predicted octanol–water partition coefficient (Wildman–Crippen LogP) is 5.00. The van der Waals surface area contributed by atoms with Gasteiger partial charge >= 0.3 is 6.09 Å². The first-order valence-electron chi connectivity index (χ1n) is 10.3. The molecule has 0 aliphatic heterocycles. The van der Waals surface area contributed by atoms with E-state index in [1.807, 2.05) is 37.3 Å². The number of fused-ring (bicyclic) bond motifs is 1. The standard InChI is InChI=1S/C23H30N4O2/c1-5-26(6-2)18-12-13-19(17(4)16-18)25-23(28)29-15-14-22-24-20-10-8-9-11-21(20)27(22)7-3/h8-13,16H,5-7,14-15H2,1-4H3,(H,25,28). The van der Waals surface area contributed by atoms with Crippen molar-refractivity contribution in [2.75, 3.05) is 29.9 Å². The van der Waals surface area contributed by atoms with Gasteiger partial charge in [-0.2, -0.15) is 0 Å². The van der Waals surface area contributed by atoms with E-state index in [0.29, 0.717) is 6.42 Å². The molecule has 0 bridgehead atoms. The van der Waals surface area contributed by atoms with Crippen molar-refractivity contribution in [3.05, 3.63) is 53.9 Å². The fourth-order valence-corrected chi connectivity index (χ4v) is 3.62. The summed E-state index contributed by atoms with van der Waals surface area (Å²) in [5.41, 5.74) is 5.02. The van der Waals surface area contributed by atoms with Gasteiger partial charge in [0.25, 0.3) is 0 Å². The number of ether oxygens (including phenoxy) is 1. The van der Waals surface area contributed by atoms with Crippen LogP contribution in [0.1, 0.15) is 32.2 Å². The third-order valence-electron chi connectivity index (χ3n) is 5.18. The van der Waals surface area contributed by atoms with Gasteiger partial charge in [-0.05, 0) is 63.6 Å². The van der Waals surface area contributed by atoms with Gasteiger partial charge in [0.15, 0.2) is 0 Å². The van der Waals surface area contributed by atoms with Crippen LogP contribution >= 0.6 is 0 Å². The number of aromatic nitrogens is 2. The van der Waals surface area contributed by atoms with Gasteiger partial charge in [0.05, 0.1) is 11.0 Å². The molecule has 2 aromatic carbocycles. The van der Waals surface area contributed by atoms with E-state index < -0.39 is 6.09 Å². The van der Waals surface area contributed by atoms with Crippen molar-refractivity contribution in [1.82, 2.24) is 9.55 Å². The summed E-state index contributed by atoms with van der Waals surface area (Å²) in [4.78, 5) is 19.2. The van der Waals surface area contributed by atoms with Crippen LogP contribution < -0.4 is 10.2 Å². The van der Waals surface area contributed by atoms with Gasteiger partial charge < -0.3 is 14.2 Å². The monoisotopic (exact) mass is 394 g/mol. The van der Waals surface area contributed by atoms with Crippen LogP contribution in [-0.4, -0.2) is 35.3 Å². The lowest BCUT2D eigenvalue weighted by atomic mass is 10.1. The normalized spacial score (nSPS) is 10.9. The molecule has 0 atom stereocenters. The molecular formula is C23H30N4O2. The van der Waals surface area contributed by atoms with Crippen LogP contribution in [0.4, 0.5) is 16.2 Å². The first kappa shape index (κ1) is 20.7. The van der Waals surface area contributed by atoms with Crippen LogP contribution in [0.15, 0.2) is 42.5 Å². The van der Waals surface area contributed by atoms with E-state index in [1.165, 1.54) is 0 Å². The predicted molar refractivity (Wildman–Crippen MR) is 119 cm³/mol. The Morgan fingerprint density at radius 3 is 2.59 bits per heavy atom. The average Bonchev–Trinajstić information content (AvgIpc) is 3.08. The van der Waals surface area contributed by atoms with Crippen molar-refractivity contribution in [2.24, 2.45) is 0 Å². The Balaban J connectivity index is 1.58. The van der Waals surface area contributed by atoms with Gasteiger partial charge in [0.2, 0.25) is 0 Å². The summed E-state index contributed by atoms with van der Waals surface area (Å²) < 4.78 is 7.57. The van der Waals surface area contributed by atoms with Crippen LogP contribution in [0.2, 0.25) is 0 Å². The molecule has 0 fully saturated rings. The molecule has 154 valence electrons. The van der Waals surface area contributed by atoms with E-state index in [-0.39, 0.29) is 6.61 Å². The zero-order valence-corrected chi connectivity index (χ0v) is 17.7. The van der Waals surface area contributed by atoms with Gasteiger partial charge in [0, 0.05) is 37.4 Å². The second kappa shape index (κ2) is 9.45. The quantitative estimate of drug-likeness (QED) is 0.584. The molecule has 6 heteroatoms. The number of hydrogen-bond acceptors (Lipinski definition) is 4. The van der Waals surface area contributed by atoms with Crippen molar-refractivity contribution >= 4 is 28.5 Å². The van der Waals surface area contributed by atoms with Crippen molar-refractivity contribution in [3.63, 3.8) is 0 Å². The molecule has 0 aliphatic carbocycles. The highest BCUT2D eigenvalue weighted by Crippen LogP contribution is 2.23. The summed E-state index contributed by atoms with van der Waals surface area (Å²) >= 11 is 0. The average molecular weight is 395 g/mol. The zero-order valence-electron chi connectivity index (χ0n) is 17.7. The number of anilines is 2. The highest BCUT2D eigenvalue weighted by molar-refractivity contribution is 5.86. The van der Waals surface area contributed by atoms with Gasteiger partial charge in [-0.3, -0.25) is 5.32 Å². The Morgan fingerprint density at radius 1 is 1.14 bits per heavy atom. The Labute approximate surface area is 172 Å². The van der Waals surface area contributed by atoms with Crippen molar-refractivity contribution < 1.29 is 9.53 Å². The number of carbonyl (C=O) groups excluding carboxylic acids is 1. The number of aryl methyl sites for hydroxylation is 2. The van der Waals surface area contributed by atoms with Gasteiger partial charge in [-0.15, -0.1) is 0 Å². The number of carbonyl (C=O) groups is 1. The smallest absolute Gasteiger partial charge is 0.411 e. The number of nitrogens with zero attached hydrogens (tertiary/aromatic N) is 3.